The Morgan fingerprint density at radius 3 is 1.41 bits per heavy atom. The fraction of sp³-hybridized carbons (Fsp3) is 0.932. The van der Waals surface area contributed by atoms with Crippen LogP contribution in [0.25, 0.3) is 0 Å². The number of ether oxygens (including phenoxy) is 6. The molecule has 0 spiro atoms. The van der Waals surface area contributed by atoms with Crippen molar-refractivity contribution >= 4 is 17.8 Å². The second kappa shape index (κ2) is 53.3. The highest BCUT2D eigenvalue weighted by Gasteiger charge is 2.60. The molecule has 3 heterocycles. The Hall–Kier alpha value is -2.53. The Labute approximate surface area is 575 Å². The molecule has 0 radical (unpaired) electrons. The number of carboxylic acids is 1. The lowest BCUT2D eigenvalue weighted by atomic mass is 9.88. The van der Waals surface area contributed by atoms with Gasteiger partial charge >= 0.3 is 5.97 Å². The molecule has 23 heteroatoms. The fourth-order valence-electron chi connectivity index (χ4n) is 13.4. The molecule has 18 atom stereocenters. The number of carbonyl (C=O) groups is 3. The van der Waals surface area contributed by atoms with E-state index in [0.717, 1.165) is 64.7 Å². The topological polar surface area (TPSA) is 373 Å². The minimum Gasteiger partial charge on any atom is -0.477 e. The van der Waals surface area contributed by atoms with Crippen LogP contribution in [-0.2, 0) is 42.8 Å². The molecule has 2 amide bonds. The summed E-state index contributed by atoms with van der Waals surface area (Å²) in [6, 6.07) is -2.53. The van der Waals surface area contributed by atoms with Gasteiger partial charge in [0.05, 0.1) is 50.7 Å². The third kappa shape index (κ3) is 34.4. The van der Waals surface area contributed by atoms with Crippen LogP contribution in [0.15, 0.2) is 12.2 Å². The second-order valence-corrected chi connectivity index (χ2v) is 27.9. The van der Waals surface area contributed by atoms with Gasteiger partial charge in [0.15, 0.2) is 12.6 Å². The highest BCUT2D eigenvalue weighted by atomic mass is 16.8. The lowest BCUT2D eigenvalue weighted by Crippen LogP contribution is -2.70. The van der Waals surface area contributed by atoms with E-state index in [1.54, 1.807) is 0 Å². The lowest BCUT2D eigenvalue weighted by Gasteiger charge is -2.50. The van der Waals surface area contributed by atoms with Gasteiger partial charge in [-0.3, -0.25) is 9.59 Å². The van der Waals surface area contributed by atoms with Crippen LogP contribution in [0.5, 0.6) is 0 Å². The number of rotatable bonds is 59. The monoisotopic (exact) mass is 1380 g/mol. The second-order valence-electron chi connectivity index (χ2n) is 27.9. The quantitative estimate of drug-likeness (QED) is 0.0200. The van der Waals surface area contributed by atoms with E-state index in [2.05, 4.69) is 36.6 Å². The molecular weight excluding hydrogens is 1240 g/mol. The summed E-state index contributed by atoms with van der Waals surface area (Å²) >= 11 is 0. The molecule has 3 saturated heterocycles. The fourth-order valence-corrected chi connectivity index (χ4v) is 13.4. The molecule has 3 aliphatic rings. The van der Waals surface area contributed by atoms with Gasteiger partial charge in [-0.2, -0.15) is 0 Å². The maximum Gasteiger partial charge on any atom is 0.364 e. The maximum absolute atomic E-state index is 13.5. The first kappa shape index (κ1) is 87.7. The van der Waals surface area contributed by atoms with Crippen LogP contribution in [0.1, 0.15) is 297 Å². The molecule has 564 valence electrons. The number of nitrogens with one attached hydrogen (secondary N) is 2. The van der Waals surface area contributed by atoms with Gasteiger partial charge in [-0.15, -0.1) is 0 Å². The number of unbranched alkanes of at least 4 members (excludes halogenated alkanes) is 37. The molecule has 3 rings (SSSR count). The Bertz CT molecular complexity index is 1980. The van der Waals surface area contributed by atoms with Crippen molar-refractivity contribution in [1.29, 1.82) is 0 Å². The van der Waals surface area contributed by atoms with Gasteiger partial charge in [0.25, 0.3) is 5.79 Å². The first-order chi connectivity index (χ1) is 46.4. The molecule has 14 N–H and O–H groups in total. The van der Waals surface area contributed by atoms with Crippen LogP contribution in [0, 0.1) is 0 Å². The Balaban J connectivity index is 1.54. The number of allylic oxidation sites excluding steroid dienone is 2. The zero-order valence-electron chi connectivity index (χ0n) is 59.2. The minimum absolute atomic E-state index is 0.222. The molecule has 0 aliphatic carbocycles. The van der Waals surface area contributed by atoms with E-state index in [4.69, 9.17) is 28.4 Å². The van der Waals surface area contributed by atoms with Crippen molar-refractivity contribution in [3.8, 4) is 0 Å². The molecule has 0 aromatic heterocycles. The van der Waals surface area contributed by atoms with Crippen LogP contribution in [0.2, 0.25) is 0 Å². The Morgan fingerprint density at radius 2 is 0.969 bits per heavy atom. The van der Waals surface area contributed by atoms with Gasteiger partial charge in [-0.25, -0.2) is 4.79 Å². The summed E-state index contributed by atoms with van der Waals surface area (Å²) in [4.78, 5) is 38.6. The maximum atomic E-state index is 13.5. The van der Waals surface area contributed by atoms with Crippen LogP contribution in [0.4, 0.5) is 0 Å². The molecule has 96 heavy (non-hydrogen) atoms. The lowest BCUT2D eigenvalue weighted by molar-refractivity contribution is -0.386. The number of aliphatic hydroxyl groups is 11. The Kier molecular flexibility index (Phi) is 48.7. The van der Waals surface area contributed by atoms with Gasteiger partial charge in [0.1, 0.15) is 67.1 Å². The van der Waals surface area contributed by atoms with Gasteiger partial charge < -0.3 is 100 Å². The normalized spacial score (nSPS) is 27.6. The summed E-state index contributed by atoms with van der Waals surface area (Å²) in [6.07, 6.45) is 24.9. The number of carbonyl (C=O) groups excluding carboxylic acids is 2. The van der Waals surface area contributed by atoms with Gasteiger partial charge in [0.2, 0.25) is 11.8 Å². The highest BCUT2D eigenvalue weighted by molar-refractivity contribution is 5.77. The predicted molar refractivity (Wildman–Crippen MR) is 366 cm³/mol. The predicted octanol–water partition coefficient (Wildman–Crippen LogP) is 8.63. The van der Waals surface area contributed by atoms with Crippen LogP contribution < -0.4 is 10.6 Å². The third-order valence-corrected chi connectivity index (χ3v) is 19.5. The number of hydrogen-bond acceptors (Lipinski definition) is 20. The van der Waals surface area contributed by atoms with E-state index in [0.29, 0.717) is 19.3 Å². The molecule has 0 aromatic rings. The number of hydrogen-bond donors (Lipinski definition) is 14. The molecule has 0 bridgehead atoms. The summed E-state index contributed by atoms with van der Waals surface area (Å²) in [6.45, 7) is 2.24. The zero-order valence-corrected chi connectivity index (χ0v) is 59.2. The van der Waals surface area contributed by atoms with E-state index in [-0.39, 0.29) is 18.9 Å². The smallest absolute Gasteiger partial charge is 0.364 e. The number of aliphatic carboxylic acids is 1. The molecular formula is C73H136N2O21. The van der Waals surface area contributed by atoms with E-state index in [1.165, 1.54) is 186 Å². The molecule has 0 aromatic carbocycles. The highest BCUT2D eigenvalue weighted by Crippen LogP contribution is 2.39. The van der Waals surface area contributed by atoms with Gasteiger partial charge in [-0.05, 0) is 38.5 Å². The molecule has 3 aliphatic heterocycles. The number of amides is 2. The first-order valence-corrected chi connectivity index (χ1v) is 38.0. The van der Waals surface area contributed by atoms with Crippen LogP contribution in [0.3, 0.4) is 0 Å². The molecule has 0 saturated carbocycles. The van der Waals surface area contributed by atoms with E-state index in [1.807, 2.05) is 0 Å². The Morgan fingerprint density at radius 1 is 0.531 bits per heavy atom. The summed E-state index contributed by atoms with van der Waals surface area (Å²) in [5, 5.41) is 136. The van der Waals surface area contributed by atoms with E-state index in [9.17, 15) is 75.7 Å². The SMILES string of the molecule is CCCCCCCCCCCCCC/C=C\CCCCCCCCCCC(=O)NC(COC1OC(CO)C(OC2OC(CO)C(O)C(OC3(C(=O)O)CC(O)C(NC(C)=O)C(C(O)C(O)CO)O3)C2O)C(O)C1O)C(O)CCCCCCCCCCCCCCCCCCCC. The van der Waals surface area contributed by atoms with Gasteiger partial charge in [-0.1, -0.05) is 251 Å². The van der Waals surface area contributed by atoms with Crippen molar-refractivity contribution in [2.45, 2.75) is 407 Å². The summed E-state index contributed by atoms with van der Waals surface area (Å²) in [7, 11) is 0. The van der Waals surface area contributed by atoms with Crippen molar-refractivity contribution in [3.05, 3.63) is 12.2 Å². The van der Waals surface area contributed by atoms with Crippen molar-refractivity contribution in [2.75, 3.05) is 26.4 Å². The molecule has 3 fully saturated rings. The molecule has 18 unspecified atom stereocenters. The average Bonchev–Trinajstić information content (AvgIpc) is 0.786. The first-order valence-electron chi connectivity index (χ1n) is 38.0. The zero-order chi connectivity index (χ0) is 70.4. The largest absolute Gasteiger partial charge is 0.477 e. The molecule has 23 nitrogen and oxygen atoms in total. The van der Waals surface area contributed by atoms with Crippen LogP contribution >= 0.6 is 0 Å². The van der Waals surface area contributed by atoms with E-state index < -0.39 is 148 Å². The van der Waals surface area contributed by atoms with Crippen molar-refractivity contribution in [2.24, 2.45) is 0 Å². The number of aliphatic hydroxyl groups excluding tert-OH is 11. The minimum atomic E-state index is -3.08. The standard InChI is InChI=1S/C73H136N2O21/c1-4-6-8-10-12-14-16-18-20-22-24-25-26-27-28-29-31-33-35-37-39-41-43-45-47-60(83)75-54(55(80)46-44-42-40-38-36-34-32-30-23-21-19-17-15-13-11-9-7-5-2)52-91-70-65(87)64(86)67(59(51-78)93-70)94-71-66(88)69(63(85)58(50-77)92-71)96-73(72(89)90)48-56(81)61(74-53(3)79)68(95-73)62(84)57(82)49-76/h27-28,54-59,61-71,76-78,80-82,84-88H,4-26,29-52H2,1-3H3,(H,74,79)(H,75,83)(H,89,90)/b28-27-. The van der Waals surface area contributed by atoms with Crippen molar-refractivity contribution in [3.63, 3.8) is 0 Å². The average molecular weight is 1380 g/mol. The summed E-state index contributed by atoms with van der Waals surface area (Å²) in [5.41, 5.74) is 0. The van der Waals surface area contributed by atoms with Gasteiger partial charge in [0, 0.05) is 19.8 Å². The van der Waals surface area contributed by atoms with Crippen molar-refractivity contribution < 1.29 is 104 Å². The third-order valence-electron chi connectivity index (χ3n) is 19.5. The van der Waals surface area contributed by atoms with Crippen molar-refractivity contribution in [1.82, 2.24) is 10.6 Å². The van der Waals surface area contributed by atoms with Crippen LogP contribution in [-0.4, -0.2) is 215 Å². The summed E-state index contributed by atoms with van der Waals surface area (Å²) < 4.78 is 34.9. The van der Waals surface area contributed by atoms with E-state index >= 15 is 0 Å². The number of carboxylic acid groups (broad SMARTS) is 1. The summed E-state index contributed by atoms with van der Waals surface area (Å²) in [5.74, 6) is -6.10.